The lowest BCUT2D eigenvalue weighted by Gasteiger charge is -2.28. The molecular weight excluding hydrogens is 216 g/mol. The van der Waals surface area contributed by atoms with Crippen LogP contribution in [-0.4, -0.2) is 0 Å². The van der Waals surface area contributed by atoms with E-state index in [0.717, 1.165) is 22.3 Å². The fraction of sp³-hybridized carbons (Fsp3) is 0.333. The lowest BCUT2D eigenvalue weighted by atomic mass is 9.75. The molecule has 0 saturated carbocycles. The molecule has 0 nitrogen and oxygen atoms in total. The van der Waals surface area contributed by atoms with Gasteiger partial charge in [0.25, 0.3) is 0 Å². The summed E-state index contributed by atoms with van der Waals surface area (Å²) in [6, 6.07) is 13.1. The third-order valence-corrected chi connectivity index (χ3v) is 4.03. The number of hydrogen-bond donors (Lipinski definition) is 0. The summed E-state index contributed by atoms with van der Waals surface area (Å²) in [6.07, 6.45) is -4.05. The Hall–Kier alpha value is -1.56. The van der Waals surface area contributed by atoms with Crippen molar-refractivity contribution in [3.63, 3.8) is 0 Å². The highest BCUT2D eigenvalue weighted by molar-refractivity contribution is 5.53. The average Bonchev–Trinajstić information content (AvgIpc) is 2.60. The van der Waals surface area contributed by atoms with Crippen LogP contribution in [0.15, 0.2) is 42.5 Å². The van der Waals surface area contributed by atoms with Crippen molar-refractivity contribution in [1.82, 2.24) is 0 Å². The second-order valence-corrected chi connectivity index (χ2v) is 5.17. The van der Waals surface area contributed by atoms with Gasteiger partial charge in [-0.05, 0) is 54.4 Å². The first-order valence-electron chi connectivity index (χ1n) is 8.32. The number of hydrogen-bond acceptors (Lipinski definition) is 0. The minimum absolute atomic E-state index is 0.479. The van der Waals surface area contributed by atoms with Crippen molar-refractivity contribution in [2.75, 3.05) is 0 Å². The maximum atomic E-state index is 8.63. The molecule has 0 N–H and O–H groups in total. The molecule has 2 aromatic carbocycles. The van der Waals surface area contributed by atoms with Gasteiger partial charge in [0, 0.05) is 10.9 Å². The minimum Gasteiger partial charge on any atom is -0.0622 e. The number of benzene rings is 2. The zero-order valence-corrected chi connectivity index (χ0v) is 11.0. The monoisotopic (exact) mass is 240 g/mol. The van der Waals surface area contributed by atoms with Gasteiger partial charge < -0.3 is 0 Å². The van der Waals surface area contributed by atoms with Gasteiger partial charge in [-0.2, -0.15) is 0 Å². The minimum atomic E-state index is -2.03. The van der Waals surface area contributed by atoms with Crippen molar-refractivity contribution >= 4 is 0 Å². The van der Waals surface area contributed by atoms with Gasteiger partial charge in [0.1, 0.15) is 0 Å². The smallest absolute Gasteiger partial charge is 0.0316 e. The number of fused-ring (bicyclic) bond motifs is 1. The van der Waals surface area contributed by atoms with E-state index in [1.54, 1.807) is 6.07 Å². The van der Waals surface area contributed by atoms with Crippen LogP contribution in [0.1, 0.15) is 46.6 Å². The molecule has 0 aliphatic heterocycles. The number of rotatable bonds is 1. The Morgan fingerprint density at radius 3 is 2.50 bits per heavy atom. The summed E-state index contributed by atoms with van der Waals surface area (Å²) >= 11 is 0. The van der Waals surface area contributed by atoms with E-state index < -0.39 is 18.2 Å². The fourth-order valence-electron chi connectivity index (χ4n) is 2.81. The van der Waals surface area contributed by atoms with E-state index in [9.17, 15) is 0 Å². The predicted molar refractivity (Wildman–Crippen MR) is 77.1 cm³/mol. The molecule has 0 fully saturated rings. The molecule has 0 heteroatoms. The van der Waals surface area contributed by atoms with Crippen molar-refractivity contribution in [1.29, 1.82) is 0 Å². The molecule has 0 heterocycles. The van der Waals surface area contributed by atoms with Crippen molar-refractivity contribution in [2.45, 2.75) is 38.9 Å². The molecule has 1 aliphatic carbocycles. The molecule has 92 valence electrons. The SMILES string of the molecule is [2H]C1([2H])c2ccc(C)c(C)c2C(C)(c2ccccc2)C1([2H])[2H]. The molecule has 3 rings (SSSR count). The molecule has 1 unspecified atom stereocenters. The molecule has 18 heavy (non-hydrogen) atoms. The van der Waals surface area contributed by atoms with Gasteiger partial charge in [-0.1, -0.05) is 49.4 Å². The summed E-state index contributed by atoms with van der Waals surface area (Å²) < 4.78 is 34.1. The first kappa shape index (κ1) is 7.78. The van der Waals surface area contributed by atoms with Crippen LogP contribution in [0.3, 0.4) is 0 Å². The normalized spacial score (nSPS) is 30.8. The second kappa shape index (κ2) is 3.98. The van der Waals surface area contributed by atoms with Gasteiger partial charge in [-0.25, -0.2) is 0 Å². The largest absolute Gasteiger partial charge is 0.0622 e. The van der Waals surface area contributed by atoms with Gasteiger partial charge in [-0.15, -0.1) is 0 Å². The highest BCUT2D eigenvalue weighted by Gasteiger charge is 2.37. The first-order chi connectivity index (χ1) is 10.2. The molecule has 1 aliphatic rings. The van der Waals surface area contributed by atoms with Crippen LogP contribution in [-0.2, 0) is 11.8 Å². The molecule has 0 aromatic heterocycles. The Bertz CT molecular complexity index is 734. The summed E-state index contributed by atoms with van der Waals surface area (Å²) in [4.78, 5) is 0. The van der Waals surface area contributed by atoms with E-state index in [4.69, 9.17) is 5.48 Å². The van der Waals surface area contributed by atoms with E-state index in [0.29, 0.717) is 5.56 Å². The summed E-state index contributed by atoms with van der Waals surface area (Å²) in [6.45, 7) is 5.79. The lowest BCUT2D eigenvalue weighted by Crippen LogP contribution is -2.21. The maximum Gasteiger partial charge on any atom is 0.0316 e. The van der Waals surface area contributed by atoms with Crippen molar-refractivity contribution < 1.29 is 5.48 Å². The third kappa shape index (κ3) is 1.52. The first-order valence-corrected chi connectivity index (χ1v) is 6.32. The molecule has 0 bridgehead atoms. The molecule has 1 atom stereocenters. The molecule has 0 amide bonds. The Morgan fingerprint density at radius 2 is 1.78 bits per heavy atom. The van der Waals surface area contributed by atoms with Gasteiger partial charge >= 0.3 is 0 Å². The van der Waals surface area contributed by atoms with E-state index in [-0.39, 0.29) is 0 Å². The van der Waals surface area contributed by atoms with Crippen LogP contribution in [0.25, 0.3) is 0 Å². The fourth-order valence-corrected chi connectivity index (χ4v) is 2.81. The van der Waals surface area contributed by atoms with E-state index in [1.165, 1.54) is 0 Å². The van der Waals surface area contributed by atoms with Crippen LogP contribution >= 0.6 is 0 Å². The van der Waals surface area contributed by atoms with Crippen LogP contribution < -0.4 is 0 Å². The third-order valence-electron chi connectivity index (χ3n) is 4.03. The van der Waals surface area contributed by atoms with Crippen LogP contribution in [0, 0.1) is 13.8 Å². The van der Waals surface area contributed by atoms with E-state index in [2.05, 4.69) is 0 Å². The maximum absolute atomic E-state index is 8.63. The number of aryl methyl sites for hydroxylation is 2. The van der Waals surface area contributed by atoms with Crippen LogP contribution in [0.5, 0.6) is 0 Å². The lowest BCUT2D eigenvalue weighted by molar-refractivity contribution is 0.563. The topological polar surface area (TPSA) is 0 Å². The summed E-state index contributed by atoms with van der Waals surface area (Å²) in [5.74, 6) is 0. The zero-order valence-electron chi connectivity index (χ0n) is 15.0. The van der Waals surface area contributed by atoms with Crippen molar-refractivity contribution in [2.24, 2.45) is 0 Å². The van der Waals surface area contributed by atoms with Crippen molar-refractivity contribution in [3.05, 3.63) is 70.3 Å². The highest BCUT2D eigenvalue weighted by atomic mass is 14.4. The molecule has 0 radical (unpaired) electrons. The Labute approximate surface area is 115 Å². The van der Waals surface area contributed by atoms with Gasteiger partial charge in [0.2, 0.25) is 0 Å². The molecule has 0 spiro atoms. The molecule has 0 saturated heterocycles. The van der Waals surface area contributed by atoms with Gasteiger partial charge in [-0.3, -0.25) is 0 Å². The second-order valence-electron chi connectivity index (χ2n) is 5.17. The van der Waals surface area contributed by atoms with E-state index in [1.807, 2.05) is 57.2 Å². The van der Waals surface area contributed by atoms with Crippen LogP contribution in [0.2, 0.25) is 0 Å². The Balaban J connectivity index is 2.45. The standard InChI is InChI=1S/C18H20/c1-13-9-10-15-11-12-18(3,17(15)14(13)2)16-7-5-4-6-8-16/h4-10H,11-12H2,1-3H3/i11D2,12D2. The Morgan fingerprint density at radius 1 is 1.06 bits per heavy atom. The van der Waals surface area contributed by atoms with E-state index >= 15 is 0 Å². The average molecular weight is 240 g/mol. The summed E-state index contributed by atoms with van der Waals surface area (Å²) in [5, 5.41) is 0. The highest BCUT2D eigenvalue weighted by Crippen LogP contribution is 2.45. The molecule has 2 aromatic rings. The quantitative estimate of drug-likeness (QED) is 0.685. The Kier molecular flexibility index (Phi) is 1.72. The van der Waals surface area contributed by atoms with Crippen LogP contribution in [0.4, 0.5) is 0 Å². The summed E-state index contributed by atoms with van der Waals surface area (Å²) in [5.41, 5.74) is 3.13. The van der Waals surface area contributed by atoms with Crippen molar-refractivity contribution in [3.8, 4) is 0 Å². The predicted octanol–water partition coefficient (Wildman–Crippen LogP) is 4.56. The zero-order chi connectivity index (χ0) is 16.3. The van der Waals surface area contributed by atoms with Gasteiger partial charge in [0.15, 0.2) is 0 Å². The summed E-state index contributed by atoms with van der Waals surface area (Å²) in [7, 11) is 0. The molecular formula is C18H20. The van der Waals surface area contributed by atoms with Gasteiger partial charge in [0.05, 0.1) is 0 Å².